The molecule has 0 aromatic carbocycles. The monoisotopic (exact) mass is 230 g/mol. The lowest BCUT2D eigenvalue weighted by atomic mass is 9.88. The van der Waals surface area contributed by atoms with Crippen molar-refractivity contribution in [1.82, 2.24) is 14.8 Å². The maximum absolute atomic E-state index is 4.30. The largest absolute Gasteiger partial charge is 0.323 e. The molecule has 2 aromatic heterocycles. The van der Waals surface area contributed by atoms with E-state index in [0.717, 1.165) is 11.6 Å². The van der Waals surface area contributed by atoms with Crippen LogP contribution in [0.15, 0.2) is 30.6 Å². The van der Waals surface area contributed by atoms with E-state index in [9.17, 15) is 0 Å². The van der Waals surface area contributed by atoms with Gasteiger partial charge in [-0.2, -0.15) is 5.10 Å². The Balaban J connectivity index is 2.22. The van der Waals surface area contributed by atoms with Crippen molar-refractivity contribution in [3.63, 3.8) is 0 Å². The highest BCUT2D eigenvalue weighted by Crippen LogP contribution is 2.24. The van der Waals surface area contributed by atoms with Gasteiger partial charge in [-0.1, -0.05) is 20.8 Å². The van der Waals surface area contributed by atoms with Crippen molar-refractivity contribution in [2.45, 2.75) is 26.2 Å². The molecule has 0 saturated heterocycles. The minimum atomic E-state index is 0.128. The fourth-order valence-electron chi connectivity index (χ4n) is 1.58. The second kappa shape index (κ2) is 4.20. The molecule has 0 aliphatic heterocycles. The molecule has 0 fully saturated rings. The molecular weight excluding hydrogens is 212 g/mol. The van der Waals surface area contributed by atoms with Gasteiger partial charge in [-0.15, -0.1) is 0 Å². The number of hydrogen-bond acceptors (Lipinski definition) is 3. The summed E-state index contributed by atoms with van der Waals surface area (Å²) < 4.78 is 1.76. The van der Waals surface area contributed by atoms with E-state index in [-0.39, 0.29) is 5.41 Å². The van der Waals surface area contributed by atoms with Crippen LogP contribution in [0.3, 0.4) is 0 Å². The zero-order valence-electron chi connectivity index (χ0n) is 10.7. The summed E-state index contributed by atoms with van der Waals surface area (Å²) in [6.07, 6.45) is 3.72. The highest BCUT2D eigenvalue weighted by atomic mass is 15.3. The predicted molar refractivity (Wildman–Crippen MR) is 69.4 cm³/mol. The molecule has 0 bridgehead atoms. The van der Waals surface area contributed by atoms with E-state index >= 15 is 0 Å². The summed E-state index contributed by atoms with van der Waals surface area (Å²) in [6.45, 7) is 6.56. The molecule has 0 amide bonds. The van der Waals surface area contributed by atoms with Crippen LogP contribution in [0.1, 0.15) is 26.3 Å². The van der Waals surface area contributed by atoms with E-state index in [2.05, 4.69) is 42.2 Å². The van der Waals surface area contributed by atoms with Gasteiger partial charge in [0, 0.05) is 25.5 Å². The molecule has 0 unspecified atom stereocenters. The third-order valence-corrected chi connectivity index (χ3v) is 2.60. The zero-order valence-corrected chi connectivity index (χ0v) is 10.7. The van der Waals surface area contributed by atoms with Crippen LogP contribution < -0.4 is 5.32 Å². The van der Waals surface area contributed by atoms with Crippen molar-refractivity contribution in [2.75, 3.05) is 5.32 Å². The summed E-state index contributed by atoms with van der Waals surface area (Å²) >= 11 is 0. The molecule has 0 atom stereocenters. The highest BCUT2D eigenvalue weighted by molar-refractivity contribution is 5.52. The van der Waals surface area contributed by atoms with E-state index in [1.807, 2.05) is 31.6 Å². The minimum absolute atomic E-state index is 0.128. The van der Waals surface area contributed by atoms with Crippen LogP contribution in [0.5, 0.6) is 0 Å². The quantitative estimate of drug-likeness (QED) is 0.862. The Morgan fingerprint density at radius 2 is 1.94 bits per heavy atom. The van der Waals surface area contributed by atoms with Crippen molar-refractivity contribution < 1.29 is 0 Å². The number of aromatic nitrogens is 3. The van der Waals surface area contributed by atoms with Crippen molar-refractivity contribution >= 4 is 11.6 Å². The SMILES string of the molecule is Cn1ccc(Nc2cc(C(C)(C)C)ccn2)n1. The predicted octanol–water partition coefficient (Wildman–Crippen LogP) is 2.86. The lowest BCUT2D eigenvalue weighted by molar-refractivity contribution is 0.589. The van der Waals surface area contributed by atoms with E-state index in [0.29, 0.717) is 0 Å². The van der Waals surface area contributed by atoms with Crippen LogP contribution in [-0.2, 0) is 12.5 Å². The molecule has 0 aliphatic carbocycles. The van der Waals surface area contributed by atoms with Crippen LogP contribution in [0, 0.1) is 0 Å². The molecule has 2 rings (SSSR count). The van der Waals surface area contributed by atoms with Crippen molar-refractivity contribution in [3.05, 3.63) is 36.2 Å². The Hall–Kier alpha value is -1.84. The summed E-state index contributed by atoms with van der Waals surface area (Å²) in [5, 5.41) is 7.46. The Kier molecular flexibility index (Phi) is 2.88. The third kappa shape index (κ3) is 2.84. The molecule has 4 nitrogen and oxygen atoms in total. The molecule has 0 saturated carbocycles. The van der Waals surface area contributed by atoms with Crippen molar-refractivity contribution in [1.29, 1.82) is 0 Å². The maximum Gasteiger partial charge on any atom is 0.153 e. The van der Waals surface area contributed by atoms with Gasteiger partial charge in [-0.05, 0) is 23.1 Å². The van der Waals surface area contributed by atoms with Gasteiger partial charge >= 0.3 is 0 Å². The first-order valence-electron chi connectivity index (χ1n) is 5.68. The summed E-state index contributed by atoms with van der Waals surface area (Å²) in [5.41, 5.74) is 1.38. The smallest absolute Gasteiger partial charge is 0.153 e. The number of nitrogens with zero attached hydrogens (tertiary/aromatic N) is 3. The number of pyridine rings is 1. The Labute approximate surface area is 102 Å². The average Bonchev–Trinajstić information content (AvgIpc) is 2.63. The van der Waals surface area contributed by atoms with Crippen molar-refractivity contribution in [2.24, 2.45) is 7.05 Å². The van der Waals surface area contributed by atoms with E-state index in [1.165, 1.54) is 5.56 Å². The average molecular weight is 230 g/mol. The van der Waals surface area contributed by atoms with E-state index in [1.54, 1.807) is 4.68 Å². The molecular formula is C13H18N4. The zero-order chi connectivity index (χ0) is 12.5. The van der Waals surface area contributed by atoms with E-state index in [4.69, 9.17) is 0 Å². The number of rotatable bonds is 2. The van der Waals surface area contributed by atoms with Crippen LogP contribution in [-0.4, -0.2) is 14.8 Å². The summed E-state index contributed by atoms with van der Waals surface area (Å²) in [6, 6.07) is 6.03. The molecule has 17 heavy (non-hydrogen) atoms. The van der Waals surface area contributed by atoms with Gasteiger partial charge in [-0.25, -0.2) is 4.98 Å². The number of anilines is 2. The normalized spacial score (nSPS) is 11.5. The topological polar surface area (TPSA) is 42.7 Å². The van der Waals surface area contributed by atoms with Gasteiger partial charge in [0.25, 0.3) is 0 Å². The molecule has 0 aliphatic rings. The fraction of sp³-hybridized carbons (Fsp3) is 0.385. The Morgan fingerprint density at radius 1 is 1.18 bits per heavy atom. The lowest BCUT2D eigenvalue weighted by Crippen LogP contribution is -2.11. The summed E-state index contributed by atoms with van der Waals surface area (Å²) in [4.78, 5) is 4.30. The molecule has 4 heteroatoms. The Bertz CT molecular complexity index is 508. The standard InChI is InChI=1S/C13H18N4/c1-13(2,3)10-5-7-14-12(9-10)15-11-6-8-17(4)16-11/h5-9H,1-4H3,(H,14,15,16). The van der Waals surface area contributed by atoms with Crippen LogP contribution >= 0.6 is 0 Å². The second-order valence-electron chi connectivity index (χ2n) is 5.18. The molecule has 0 radical (unpaired) electrons. The summed E-state index contributed by atoms with van der Waals surface area (Å²) in [7, 11) is 1.89. The van der Waals surface area contributed by atoms with Crippen LogP contribution in [0.2, 0.25) is 0 Å². The van der Waals surface area contributed by atoms with Crippen LogP contribution in [0.4, 0.5) is 11.6 Å². The maximum atomic E-state index is 4.30. The van der Waals surface area contributed by atoms with Gasteiger partial charge in [-0.3, -0.25) is 4.68 Å². The van der Waals surface area contributed by atoms with Crippen molar-refractivity contribution in [3.8, 4) is 0 Å². The molecule has 1 N–H and O–H groups in total. The lowest BCUT2D eigenvalue weighted by Gasteiger charge is -2.19. The first kappa shape index (κ1) is 11.6. The molecule has 2 aromatic rings. The summed E-state index contributed by atoms with van der Waals surface area (Å²) in [5.74, 6) is 1.64. The number of hydrogen-bond donors (Lipinski definition) is 1. The van der Waals surface area contributed by atoms with E-state index < -0.39 is 0 Å². The molecule has 2 heterocycles. The fourth-order valence-corrected chi connectivity index (χ4v) is 1.58. The minimum Gasteiger partial charge on any atom is -0.323 e. The molecule has 90 valence electrons. The highest BCUT2D eigenvalue weighted by Gasteiger charge is 2.14. The van der Waals surface area contributed by atoms with Gasteiger partial charge < -0.3 is 5.32 Å². The van der Waals surface area contributed by atoms with Crippen LogP contribution in [0.25, 0.3) is 0 Å². The number of aryl methyl sites for hydroxylation is 1. The third-order valence-electron chi connectivity index (χ3n) is 2.60. The van der Waals surface area contributed by atoms with Gasteiger partial charge in [0.15, 0.2) is 5.82 Å². The van der Waals surface area contributed by atoms with Gasteiger partial charge in [0.2, 0.25) is 0 Å². The first-order valence-corrected chi connectivity index (χ1v) is 5.68. The van der Waals surface area contributed by atoms with Gasteiger partial charge in [0.1, 0.15) is 5.82 Å². The second-order valence-corrected chi connectivity index (χ2v) is 5.18. The van der Waals surface area contributed by atoms with Gasteiger partial charge in [0.05, 0.1) is 0 Å². The molecule has 0 spiro atoms. The Morgan fingerprint density at radius 3 is 2.53 bits per heavy atom. The first-order chi connectivity index (χ1) is 7.95. The number of nitrogens with one attached hydrogen (secondary N) is 1.